The van der Waals surface area contributed by atoms with E-state index in [0.29, 0.717) is 5.56 Å². The van der Waals surface area contributed by atoms with Crippen molar-refractivity contribution in [3.8, 4) is 5.82 Å². The average Bonchev–Trinajstić information content (AvgIpc) is 3.66. The van der Waals surface area contributed by atoms with Crippen molar-refractivity contribution >= 4 is 16.7 Å². The molecule has 2 aromatic carbocycles. The summed E-state index contributed by atoms with van der Waals surface area (Å²) in [6.45, 7) is 1.53. The van der Waals surface area contributed by atoms with Gasteiger partial charge in [0.1, 0.15) is 5.82 Å². The van der Waals surface area contributed by atoms with Gasteiger partial charge in [-0.15, -0.1) is 0 Å². The second-order valence-electron chi connectivity index (χ2n) is 8.29. The summed E-state index contributed by atoms with van der Waals surface area (Å²) in [5.74, 6) is -3.38. The molecule has 1 fully saturated rings. The molecule has 34 heavy (non-hydrogen) atoms. The molecule has 0 aliphatic heterocycles. The predicted octanol–water partition coefficient (Wildman–Crippen LogP) is 4.39. The molecule has 0 bridgehead atoms. The Morgan fingerprint density at radius 2 is 1.94 bits per heavy atom. The van der Waals surface area contributed by atoms with Crippen molar-refractivity contribution in [1.82, 2.24) is 19.9 Å². The van der Waals surface area contributed by atoms with Crippen molar-refractivity contribution in [3.63, 3.8) is 0 Å². The lowest BCUT2D eigenvalue weighted by molar-refractivity contribution is 0.0932. The third-order valence-corrected chi connectivity index (χ3v) is 6.07. The Labute approximate surface area is 192 Å². The summed E-state index contributed by atoms with van der Waals surface area (Å²) < 4.78 is 43.8. The third kappa shape index (κ3) is 3.72. The molecule has 172 valence electrons. The summed E-state index contributed by atoms with van der Waals surface area (Å²) >= 11 is 0. The van der Waals surface area contributed by atoms with Crippen molar-refractivity contribution in [2.45, 2.75) is 25.8 Å². The van der Waals surface area contributed by atoms with Crippen LogP contribution in [-0.2, 0) is 0 Å². The van der Waals surface area contributed by atoms with Crippen LogP contribution in [0.4, 0.5) is 13.2 Å². The first-order chi connectivity index (χ1) is 16.4. The van der Waals surface area contributed by atoms with Crippen molar-refractivity contribution in [2.24, 2.45) is 5.92 Å². The van der Waals surface area contributed by atoms with E-state index >= 15 is 0 Å². The fourth-order valence-electron chi connectivity index (χ4n) is 4.32. The van der Waals surface area contributed by atoms with Gasteiger partial charge in [0.25, 0.3) is 11.5 Å². The molecule has 1 aliphatic rings. The molecular weight excluding hydrogens is 445 g/mol. The number of hydrogen-bond acceptors (Lipinski definition) is 4. The Morgan fingerprint density at radius 1 is 1.15 bits per heavy atom. The molecule has 1 amide bonds. The largest absolute Gasteiger partial charge is 0.345 e. The molecule has 6 nitrogen and oxygen atoms in total. The standard InChI is InChI=1S/C25H19F3N4O2/c1-13-20(24(33)31-23(14-5-6-14)15-3-2-4-16(26)11-15)17-7-8-18(27)22(28)21(17)25(34)32(13)19-12-29-9-10-30-19/h2-4,7-12,14,23H,5-6H2,1H3,(H,31,33)/t23-/m0/s1. The Bertz CT molecular complexity index is 1480. The van der Waals surface area contributed by atoms with Gasteiger partial charge in [-0.3, -0.25) is 19.1 Å². The zero-order chi connectivity index (χ0) is 24.0. The van der Waals surface area contributed by atoms with Gasteiger partial charge in [0, 0.05) is 23.5 Å². The molecule has 0 radical (unpaired) electrons. The van der Waals surface area contributed by atoms with Crippen LogP contribution in [0.5, 0.6) is 0 Å². The van der Waals surface area contributed by atoms with Crippen molar-refractivity contribution in [3.05, 3.63) is 99.6 Å². The van der Waals surface area contributed by atoms with Crippen molar-refractivity contribution in [2.75, 3.05) is 0 Å². The number of amides is 1. The Balaban J connectivity index is 1.70. The van der Waals surface area contributed by atoms with Gasteiger partial charge in [-0.2, -0.15) is 0 Å². The number of fused-ring (bicyclic) bond motifs is 1. The number of carbonyl (C=O) groups is 1. The van der Waals surface area contributed by atoms with Gasteiger partial charge in [0.15, 0.2) is 17.5 Å². The quantitative estimate of drug-likeness (QED) is 0.475. The first kappa shape index (κ1) is 21.8. The average molecular weight is 464 g/mol. The molecular formula is C25H19F3N4O2. The maximum Gasteiger partial charge on any atom is 0.267 e. The molecule has 1 N–H and O–H groups in total. The SMILES string of the molecule is Cc1c(C(=O)N[C@H](c2cccc(F)c2)C2CC2)c2ccc(F)c(F)c2c(=O)n1-c1cnccn1. The maximum absolute atomic E-state index is 14.8. The number of nitrogens with one attached hydrogen (secondary N) is 1. The number of carbonyl (C=O) groups excluding carboxylic acids is 1. The van der Waals surface area contributed by atoms with Gasteiger partial charge in [-0.1, -0.05) is 18.2 Å². The molecule has 2 aromatic heterocycles. The predicted molar refractivity (Wildman–Crippen MR) is 119 cm³/mol. The molecule has 5 rings (SSSR count). The first-order valence-corrected chi connectivity index (χ1v) is 10.7. The molecule has 2 heterocycles. The summed E-state index contributed by atoms with van der Waals surface area (Å²) in [7, 11) is 0. The van der Waals surface area contributed by atoms with E-state index in [4.69, 9.17) is 0 Å². The number of aromatic nitrogens is 3. The number of rotatable bonds is 5. The van der Waals surface area contributed by atoms with E-state index in [2.05, 4.69) is 15.3 Å². The monoisotopic (exact) mass is 464 g/mol. The van der Waals surface area contributed by atoms with Crippen LogP contribution < -0.4 is 10.9 Å². The van der Waals surface area contributed by atoms with Gasteiger partial charge in [-0.25, -0.2) is 18.2 Å². The summed E-state index contributed by atoms with van der Waals surface area (Å²) in [5, 5.41) is 2.35. The Hall–Kier alpha value is -4.01. The van der Waals surface area contributed by atoms with Gasteiger partial charge >= 0.3 is 0 Å². The van der Waals surface area contributed by atoms with E-state index in [1.807, 2.05) is 0 Å². The van der Waals surface area contributed by atoms with Gasteiger partial charge in [0.2, 0.25) is 0 Å². The van der Waals surface area contributed by atoms with Crippen molar-refractivity contribution in [1.29, 1.82) is 0 Å². The number of hydrogen-bond donors (Lipinski definition) is 1. The van der Waals surface area contributed by atoms with Crippen LogP contribution in [0, 0.1) is 30.3 Å². The second-order valence-corrected chi connectivity index (χ2v) is 8.29. The number of nitrogens with zero attached hydrogens (tertiary/aromatic N) is 3. The summed E-state index contributed by atoms with van der Waals surface area (Å²) in [4.78, 5) is 34.8. The number of halogens is 3. The van der Waals surface area contributed by atoms with E-state index in [9.17, 15) is 22.8 Å². The van der Waals surface area contributed by atoms with Crippen LogP contribution in [0.15, 0.2) is 59.8 Å². The molecule has 9 heteroatoms. The first-order valence-electron chi connectivity index (χ1n) is 10.7. The highest BCUT2D eigenvalue weighted by molar-refractivity contribution is 6.08. The Morgan fingerprint density at radius 3 is 2.62 bits per heavy atom. The highest BCUT2D eigenvalue weighted by Crippen LogP contribution is 2.41. The Kier molecular flexibility index (Phi) is 5.39. The van der Waals surface area contributed by atoms with E-state index in [-0.39, 0.29) is 28.4 Å². The van der Waals surface area contributed by atoms with E-state index < -0.39 is 40.3 Å². The molecule has 0 spiro atoms. The second kappa shape index (κ2) is 8.40. The lowest BCUT2D eigenvalue weighted by Gasteiger charge is -2.22. The topological polar surface area (TPSA) is 76.9 Å². The minimum absolute atomic E-state index is 0.00112. The highest BCUT2D eigenvalue weighted by atomic mass is 19.2. The summed E-state index contributed by atoms with van der Waals surface area (Å²) in [6, 6.07) is 7.61. The van der Waals surface area contributed by atoms with Crippen LogP contribution in [0.25, 0.3) is 16.6 Å². The lowest BCUT2D eigenvalue weighted by atomic mass is 9.99. The van der Waals surface area contributed by atoms with Gasteiger partial charge in [-0.05, 0) is 49.4 Å². The molecule has 0 saturated heterocycles. The van der Waals surface area contributed by atoms with E-state index in [0.717, 1.165) is 23.5 Å². The summed E-state index contributed by atoms with van der Waals surface area (Å²) in [5.41, 5.74) is -0.0563. The zero-order valence-electron chi connectivity index (χ0n) is 18.1. The van der Waals surface area contributed by atoms with Crippen molar-refractivity contribution < 1.29 is 18.0 Å². The summed E-state index contributed by atoms with van der Waals surface area (Å²) in [6.07, 6.45) is 5.76. The molecule has 4 aromatic rings. The van der Waals surface area contributed by atoms with Crippen LogP contribution in [0.1, 0.15) is 40.5 Å². The van der Waals surface area contributed by atoms with Crippen LogP contribution >= 0.6 is 0 Å². The van der Waals surface area contributed by atoms with Gasteiger partial charge in [0.05, 0.1) is 23.2 Å². The fraction of sp³-hybridized carbons (Fsp3) is 0.200. The smallest absolute Gasteiger partial charge is 0.267 e. The van der Waals surface area contributed by atoms with Crippen LogP contribution in [0.3, 0.4) is 0 Å². The maximum atomic E-state index is 14.8. The van der Waals surface area contributed by atoms with Crippen LogP contribution in [-0.4, -0.2) is 20.4 Å². The number of pyridine rings is 1. The van der Waals surface area contributed by atoms with E-state index in [1.165, 1.54) is 43.7 Å². The minimum Gasteiger partial charge on any atom is -0.345 e. The normalized spacial score (nSPS) is 14.2. The highest BCUT2D eigenvalue weighted by Gasteiger charge is 2.35. The van der Waals surface area contributed by atoms with E-state index in [1.54, 1.807) is 12.1 Å². The molecule has 0 unspecified atom stereocenters. The fourth-order valence-corrected chi connectivity index (χ4v) is 4.32. The molecule has 1 atom stereocenters. The number of benzene rings is 2. The molecule has 1 saturated carbocycles. The molecule has 1 aliphatic carbocycles. The third-order valence-electron chi connectivity index (χ3n) is 6.07. The zero-order valence-corrected chi connectivity index (χ0v) is 18.1. The lowest BCUT2D eigenvalue weighted by Crippen LogP contribution is -2.33. The van der Waals surface area contributed by atoms with Gasteiger partial charge < -0.3 is 5.32 Å². The van der Waals surface area contributed by atoms with Crippen LogP contribution in [0.2, 0.25) is 0 Å². The minimum atomic E-state index is -1.35.